The van der Waals surface area contributed by atoms with Crippen molar-refractivity contribution in [1.29, 1.82) is 0 Å². The van der Waals surface area contributed by atoms with Crippen LogP contribution in [0.25, 0.3) is 0 Å². The van der Waals surface area contributed by atoms with E-state index >= 15 is 0 Å². The summed E-state index contributed by atoms with van der Waals surface area (Å²) in [5.41, 5.74) is 1.01. The third-order valence-electron chi connectivity index (χ3n) is 3.92. The highest BCUT2D eigenvalue weighted by Crippen LogP contribution is 2.26. The zero-order valence-electron chi connectivity index (χ0n) is 11.6. The second-order valence-electron chi connectivity index (χ2n) is 5.30. The van der Waals surface area contributed by atoms with Crippen molar-refractivity contribution in [2.24, 2.45) is 0 Å². The molecule has 0 aromatic heterocycles. The quantitative estimate of drug-likeness (QED) is 0.619. The van der Waals surface area contributed by atoms with Gasteiger partial charge in [-0.15, -0.1) is 0 Å². The van der Waals surface area contributed by atoms with E-state index in [1.807, 2.05) is 24.3 Å². The van der Waals surface area contributed by atoms with Gasteiger partial charge in [0.05, 0.1) is 19.8 Å². The number of carbonyl (C=O) groups excluding carboxylic acids is 2. The van der Waals surface area contributed by atoms with E-state index in [1.165, 1.54) is 4.90 Å². The Hall–Kier alpha value is -1.59. The van der Waals surface area contributed by atoms with Crippen molar-refractivity contribution in [2.75, 3.05) is 19.7 Å². The first-order valence-electron chi connectivity index (χ1n) is 7.11. The van der Waals surface area contributed by atoms with Gasteiger partial charge in [-0.25, -0.2) is 4.79 Å². The summed E-state index contributed by atoms with van der Waals surface area (Å²) in [6.07, 6.45) is 1.70. The average Bonchev–Trinajstić information content (AvgIpc) is 3.04. The van der Waals surface area contributed by atoms with Crippen molar-refractivity contribution in [1.82, 2.24) is 9.80 Å². The Labute approximate surface area is 128 Å². The van der Waals surface area contributed by atoms with Gasteiger partial charge in [0.2, 0.25) is 0 Å². The van der Waals surface area contributed by atoms with Crippen LogP contribution in [0.4, 0.5) is 4.79 Å². The summed E-state index contributed by atoms with van der Waals surface area (Å²) in [5, 5.41) is 0.688. The summed E-state index contributed by atoms with van der Waals surface area (Å²) in [6, 6.07) is 7.01. The topological polar surface area (TPSA) is 49.9 Å². The highest BCUT2D eigenvalue weighted by Gasteiger charge is 2.46. The Balaban J connectivity index is 1.46. The van der Waals surface area contributed by atoms with Crippen LogP contribution in [0, 0.1) is 0 Å². The number of carbonyl (C=O) groups is 2. The van der Waals surface area contributed by atoms with E-state index in [9.17, 15) is 9.59 Å². The molecule has 2 fully saturated rings. The molecular formula is C15H17ClN2O3. The van der Waals surface area contributed by atoms with Crippen LogP contribution in [0.2, 0.25) is 5.02 Å². The molecule has 0 bridgehead atoms. The minimum absolute atomic E-state index is 0.0763. The summed E-state index contributed by atoms with van der Waals surface area (Å²) in [5.74, 6) is -0.0763. The molecule has 2 saturated heterocycles. The predicted molar refractivity (Wildman–Crippen MR) is 77.9 cm³/mol. The molecule has 2 aliphatic rings. The van der Waals surface area contributed by atoms with Crippen molar-refractivity contribution in [3.63, 3.8) is 0 Å². The van der Waals surface area contributed by atoms with Crippen molar-refractivity contribution < 1.29 is 14.3 Å². The van der Waals surface area contributed by atoms with Gasteiger partial charge in [0.1, 0.15) is 6.04 Å². The van der Waals surface area contributed by atoms with Crippen LogP contribution < -0.4 is 0 Å². The molecule has 0 radical (unpaired) electrons. The van der Waals surface area contributed by atoms with Gasteiger partial charge in [0.25, 0.3) is 5.91 Å². The third kappa shape index (κ3) is 2.89. The molecule has 0 aliphatic carbocycles. The number of nitrogens with zero attached hydrogens (tertiary/aromatic N) is 2. The lowest BCUT2D eigenvalue weighted by Gasteiger charge is -2.15. The van der Waals surface area contributed by atoms with Crippen molar-refractivity contribution in [2.45, 2.75) is 25.5 Å². The summed E-state index contributed by atoms with van der Waals surface area (Å²) < 4.78 is 5.53. The van der Waals surface area contributed by atoms with E-state index < -0.39 is 0 Å². The molecule has 1 aromatic rings. The van der Waals surface area contributed by atoms with E-state index in [0.29, 0.717) is 31.3 Å². The minimum Gasteiger partial charge on any atom is -0.375 e. The maximum Gasteiger partial charge on any atom is 0.327 e. The van der Waals surface area contributed by atoms with E-state index in [4.69, 9.17) is 16.3 Å². The minimum atomic E-state index is -0.228. The van der Waals surface area contributed by atoms with Crippen molar-refractivity contribution in [3.8, 4) is 0 Å². The zero-order chi connectivity index (χ0) is 14.8. The number of hydrogen-bond acceptors (Lipinski definition) is 3. The van der Waals surface area contributed by atoms with Crippen molar-refractivity contribution in [3.05, 3.63) is 34.9 Å². The molecule has 0 spiro atoms. The molecule has 2 heterocycles. The van der Waals surface area contributed by atoms with Crippen molar-refractivity contribution >= 4 is 23.5 Å². The van der Waals surface area contributed by atoms with Gasteiger partial charge in [0, 0.05) is 11.6 Å². The molecule has 1 atom stereocenters. The van der Waals surface area contributed by atoms with Gasteiger partial charge < -0.3 is 9.64 Å². The molecule has 6 heteroatoms. The highest BCUT2D eigenvalue weighted by molar-refractivity contribution is 6.30. The molecule has 3 rings (SSSR count). The van der Waals surface area contributed by atoms with Gasteiger partial charge in [0.15, 0.2) is 0 Å². The first kappa shape index (κ1) is 14.4. The first-order valence-corrected chi connectivity index (χ1v) is 7.49. The number of urea groups is 1. The number of amides is 3. The fourth-order valence-corrected chi connectivity index (χ4v) is 2.94. The van der Waals surface area contributed by atoms with E-state index in [-0.39, 0.29) is 18.0 Å². The van der Waals surface area contributed by atoms with E-state index in [0.717, 1.165) is 18.4 Å². The third-order valence-corrected chi connectivity index (χ3v) is 4.17. The van der Waals surface area contributed by atoms with Gasteiger partial charge in [-0.3, -0.25) is 9.69 Å². The molecule has 1 aromatic carbocycles. The standard InChI is InChI=1S/C15H17ClN2O3/c16-12-5-3-11(4-6-12)10-21-9-8-18-14(19)13-2-1-7-17(13)15(18)20/h3-6,13H,1-2,7-10H2/t13-/m1/s1. The van der Waals surface area contributed by atoms with Crippen LogP contribution in [0.1, 0.15) is 18.4 Å². The van der Waals surface area contributed by atoms with Crippen LogP contribution in [0.15, 0.2) is 24.3 Å². The smallest absolute Gasteiger partial charge is 0.327 e. The largest absolute Gasteiger partial charge is 0.375 e. The van der Waals surface area contributed by atoms with Crippen LogP contribution in [-0.4, -0.2) is 47.5 Å². The van der Waals surface area contributed by atoms with Gasteiger partial charge >= 0.3 is 6.03 Å². The predicted octanol–water partition coefficient (Wildman–Crippen LogP) is 2.28. The normalized spacial score (nSPS) is 21.3. The maximum absolute atomic E-state index is 12.1. The molecular weight excluding hydrogens is 292 g/mol. The Kier molecular flexibility index (Phi) is 4.12. The fraction of sp³-hybridized carbons (Fsp3) is 0.467. The number of benzene rings is 1. The number of ether oxygens (including phenoxy) is 1. The summed E-state index contributed by atoms with van der Waals surface area (Å²) in [7, 11) is 0. The Morgan fingerprint density at radius 2 is 2.00 bits per heavy atom. The SMILES string of the molecule is O=C1[C@H]2CCCN2C(=O)N1CCOCc1ccc(Cl)cc1. The Bertz CT molecular complexity index is 524. The summed E-state index contributed by atoms with van der Waals surface area (Å²) >= 11 is 5.81. The highest BCUT2D eigenvalue weighted by atomic mass is 35.5. The number of fused-ring (bicyclic) bond motifs is 1. The van der Waals surface area contributed by atoms with Gasteiger partial charge in [-0.05, 0) is 30.5 Å². The summed E-state index contributed by atoms with van der Waals surface area (Å²) in [4.78, 5) is 27.1. The zero-order valence-corrected chi connectivity index (χ0v) is 12.4. The van der Waals surface area contributed by atoms with E-state index in [2.05, 4.69) is 0 Å². The molecule has 21 heavy (non-hydrogen) atoms. The molecule has 0 saturated carbocycles. The number of hydrogen-bond donors (Lipinski definition) is 0. The van der Waals surface area contributed by atoms with E-state index in [1.54, 1.807) is 4.90 Å². The molecule has 3 amide bonds. The van der Waals surface area contributed by atoms with Crippen LogP contribution in [-0.2, 0) is 16.1 Å². The lowest BCUT2D eigenvalue weighted by atomic mass is 10.2. The van der Waals surface area contributed by atoms with Crippen LogP contribution in [0.5, 0.6) is 0 Å². The lowest BCUT2D eigenvalue weighted by Crippen LogP contribution is -2.35. The van der Waals surface area contributed by atoms with Crippen LogP contribution in [0.3, 0.4) is 0 Å². The van der Waals surface area contributed by atoms with Gasteiger partial charge in [-0.2, -0.15) is 0 Å². The summed E-state index contributed by atoms with van der Waals surface area (Å²) in [6.45, 7) is 1.80. The molecule has 0 N–H and O–H groups in total. The Morgan fingerprint density at radius 3 is 2.71 bits per heavy atom. The number of halogens is 1. The molecule has 5 nitrogen and oxygen atoms in total. The van der Waals surface area contributed by atoms with Gasteiger partial charge in [-0.1, -0.05) is 23.7 Å². The fourth-order valence-electron chi connectivity index (χ4n) is 2.81. The van der Waals surface area contributed by atoms with Crippen LogP contribution >= 0.6 is 11.6 Å². The Morgan fingerprint density at radius 1 is 1.24 bits per heavy atom. The number of rotatable bonds is 5. The first-order chi connectivity index (χ1) is 10.2. The monoisotopic (exact) mass is 308 g/mol. The molecule has 2 aliphatic heterocycles. The second-order valence-corrected chi connectivity index (χ2v) is 5.74. The second kappa shape index (κ2) is 6.03. The maximum atomic E-state index is 12.1. The average molecular weight is 309 g/mol. The molecule has 0 unspecified atom stereocenters. The molecule has 112 valence electrons. The lowest BCUT2D eigenvalue weighted by molar-refractivity contribution is -0.128. The number of imide groups is 1.